The summed E-state index contributed by atoms with van der Waals surface area (Å²) in [4.78, 5) is 17.3. The van der Waals surface area contributed by atoms with Crippen LogP contribution in [0, 0.1) is 17.0 Å². The number of carbonyl (C=O) groups is 1. The SMILES string of the molecule is CC.CC(=O)O.C[N+](=O)[O-].Cc1ccccc1. The number of hydrogen-bond donors (Lipinski definition) is 1. The number of rotatable bonds is 0. The number of carboxylic acids is 1. The van der Waals surface area contributed by atoms with E-state index in [0.29, 0.717) is 0 Å². The third-order valence-corrected chi connectivity index (χ3v) is 0.940. The summed E-state index contributed by atoms with van der Waals surface area (Å²) in [5.41, 5.74) is 1.32. The minimum atomic E-state index is -0.833. The van der Waals surface area contributed by atoms with Gasteiger partial charge in [-0.1, -0.05) is 49.7 Å². The van der Waals surface area contributed by atoms with Crippen LogP contribution in [0.2, 0.25) is 0 Å². The van der Waals surface area contributed by atoms with Crippen LogP contribution in [0.5, 0.6) is 0 Å². The first kappa shape index (κ1) is 20.5. The topological polar surface area (TPSA) is 80.4 Å². The van der Waals surface area contributed by atoms with E-state index in [-0.39, 0.29) is 0 Å². The van der Waals surface area contributed by atoms with Gasteiger partial charge in [0.1, 0.15) is 0 Å². The number of nitro groups is 1. The zero-order valence-corrected chi connectivity index (χ0v) is 11.0. The molecule has 0 fully saturated rings. The van der Waals surface area contributed by atoms with E-state index >= 15 is 0 Å². The van der Waals surface area contributed by atoms with Gasteiger partial charge in [0, 0.05) is 11.8 Å². The molecule has 0 saturated carbocycles. The molecule has 0 aliphatic carbocycles. The molecular weight excluding hydrogens is 222 g/mol. The summed E-state index contributed by atoms with van der Waals surface area (Å²) < 4.78 is 0. The Morgan fingerprint density at radius 2 is 1.47 bits per heavy atom. The van der Waals surface area contributed by atoms with Gasteiger partial charge in [0.15, 0.2) is 7.05 Å². The van der Waals surface area contributed by atoms with Crippen LogP contribution in [0.1, 0.15) is 26.3 Å². The van der Waals surface area contributed by atoms with Crippen molar-refractivity contribution in [3.8, 4) is 0 Å². The number of hydrogen-bond acceptors (Lipinski definition) is 3. The summed E-state index contributed by atoms with van der Waals surface area (Å²) in [6.45, 7) is 7.17. The lowest BCUT2D eigenvalue weighted by Crippen LogP contribution is -1.79. The van der Waals surface area contributed by atoms with Gasteiger partial charge in [-0.2, -0.15) is 0 Å². The molecule has 0 unspecified atom stereocenters. The van der Waals surface area contributed by atoms with Crippen molar-refractivity contribution >= 4 is 5.97 Å². The molecular formula is C12H21NO4. The minimum Gasteiger partial charge on any atom is -0.481 e. The number of benzene rings is 1. The van der Waals surface area contributed by atoms with E-state index < -0.39 is 10.9 Å². The van der Waals surface area contributed by atoms with Crippen LogP contribution in [-0.4, -0.2) is 23.0 Å². The van der Waals surface area contributed by atoms with Gasteiger partial charge in [-0.15, -0.1) is 0 Å². The summed E-state index contributed by atoms with van der Waals surface area (Å²) in [6.07, 6.45) is 0. The van der Waals surface area contributed by atoms with E-state index in [9.17, 15) is 0 Å². The fourth-order valence-electron chi connectivity index (χ4n) is 0.534. The molecule has 5 nitrogen and oxygen atoms in total. The number of carboxylic acid groups (broad SMARTS) is 1. The first-order valence-corrected chi connectivity index (χ1v) is 5.15. The van der Waals surface area contributed by atoms with Crippen LogP contribution in [0.15, 0.2) is 30.3 Å². The molecule has 0 aliphatic heterocycles. The second-order valence-electron chi connectivity index (χ2n) is 2.61. The van der Waals surface area contributed by atoms with E-state index in [0.717, 1.165) is 14.0 Å². The zero-order chi connectivity index (χ0) is 14.3. The van der Waals surface area contributed by atoms with E-state index in [4.69, 9.17) is 20.0 Å². The highest BCUT2D eigenvalue weighted by molar-refractivity contribution is 5.62. The highest BCUT2D eigenvalue weighted by Gasteiger charge is 1.72. The molecule has 0 radical (unpaired) electrons. The molecule has 0 bridgehead atoms. The van der Waals surface area contributed by atoms with Gasteiger partial charge in [-0.25, -0.2) is 0 Å². The number of aliphatic carboxylic acids is 1. The van der Waals surface area contributed by atoms with Crippen molar-refractivity contribution in [2.75, 3.05) is 7.05 Å². The van der Waals surface area contributed by atoms with Crippen molar-refractivity contribution in [1.82, 2.24) is 0 Å². The summed E-state index contributed by atoms with van der Waals surface area (Å²) in [5.74, 6) is -0.833. The summed E-state index contributed by atoms with van der Waals surface area (Å²) in [6, 6.07) is 10.3. The van der Waals surface area contributed by atoms with Crippen molar-refractivity contribution in [2.24, 2.45) is 0 Å². The largest absolute Gasteiger partial charge is 0.481 e. The molecule has 0 atom stereocenters. The average Bonchev–Trinajstić information content (AvgIpc) is 2.20. The van der Waals surface area contributed by atoms with Gasteiger partial charge in [-0.05, 0) is 6.92 Å². The Morgan fingerprint density at radius 1 is 1.24 bits per heavy atom. The molecule has 0 spiro atoms. The van der Waals surface area contributed by atoms with Crippen LogP contribution in [0.4, 0.5) is 0 Å². The Balaban J connectivity index is -0.000000172. The maximum absolute atomic E-state index is 9.00. The highest BCUT2D eigenvalue weighted by atomic mass is 16.6. The number of nitrogens with zero attached hydrogens (tertiary/aromatic N) is 1. The summed E-state index contributed by atoms with van der Waals surface area (Å²) in [5, 5.41) is 16.2. The highest BCUT2D eigenvalue weighted by Crippen LogP contribution is 1.92. The molecule has 0 heterocycles. The van der Waals surface area contributed by atoms with Crippen molar-refractivity contribution < 1.29 is 14.8 Å². The van der Waals surface area contributed by atoms with Crippen molar-refractivity contribution in [2.45, 2.75) is 27.7 Å². The maximum Gasteiger partial charge on any atom is 0.300 e. The molecule has 1 aromatic rings. The quantitative estimate of drug-likeness (QED) is 0.561. The molecule has 0 amide bonds. The van der Waals surface area contributed by atoms with Crippen LogP contribution in [0.3, 0.4) is 0 Å². The molecule has 0 aliphatic rings. The molecule has 1 rings (SSSR count). The summed E-state index contributed by atoms with van der Waals surface area (Å²) >= 11 is 0. The number of aryl methyl sites for hydroxylation is 1. The van der Waals surface area contributed by atoms with Crippen LogP contribution in [0.25, 0.3) is 0 Å². The van der Waals surface area contributed by atoms with Gasteiger partial charge in [0.2, 0.25) is 0 Å². The lowest BCUT2D eigenvalue weighted by molar-refractivity contribution is -0.445. The third-order valence-electron chi connectivity index (χ3n) is 0.940. The van der Waals surface area contributed by atoms with Gasteiger partial charge >= 0.3 is 0 Å². The summed E-state index contributed by atoms with van der Waals surface area (Å²) in [7, 11) is 0.889. The minimum absolute atomic E-state index is 0.500. The van der Waals surface area contributed by atoms with Crippen molar-refractivity contribution in [3.63, 3.8) is 0 Å². The van der Waals surface area contributed by atoms with Crippen molar-refractivity contribution in [1.29, 1.82) is 0 Å². The Morgan fingerprint density at radius 3 is 1.59 bits per heavy atom. The Labute approximate surface area is 102 Å². The van der Waals surface area contributed by atoms with Gasteiger partial charge in [0.05, 0.1) is 0 Å². The molecule has 98 valence electrons. The third kappa shape index (κ3) is 55.5. The van der Waals surface area contributed by atoms with Crippen LogP contribution < -0.4 is 0 Å². The average molecular weight is 243 g/mol. The Kier molecular flexibility index (Phi) is 19.9. The first-order valence-electron chi connectivity index (χ1n) is 5.15. The lowest BCUT2D eigenvalue weighted by atomic mass is 10.2. The smallest absolute Gasteiger partial charge is 0.300 e. The molecule has 0 saturated heterocycles. The molecule has 0 aromatic heterocycles. The molecule has 1 N–H and O–H groups in total. The monoisotopic (exact) mass is 243 g/mol. The second-order valence-corrected chi connectivity index (χ2v) is 2.61. The van der Waals surface area contributed by atoms with Gasteiger partial charge < -0.3 is 5.11 Å². The molecule has 17 heavy (non-hydrogen) atoms. The maximum atomic E-state index is 9.00. The standard InChI is InChI=1S/C7H8.C2H4O2.C2H6.CH3NO2/c1-7-5-3-2-4-6-7;1-2(3)4;1-2;1-2(3)4/h2-6H,1H3;1H3,(H,3,4);1-2H3;1H3. The van der Waals surface area contributed by atoms with Crippen molar-refractivity contribution in [3.05, 3.63) is 46.0 Å². The molecule has 5 heteroatoms. The second kappa shape index (κ2) is 16.5. The predicted molar refractivity (Wildman–Crippen MR) is 68.8 cm³/mol. The first-order chi connectivity index (χ1) is 7.86. The van der Waals surface area contributed by atoms with Gasteiger partial charge in [0.25, 0.3) is 5.97 Å². The lowest BCUT2D eigenvalue weighted by Gasteiger charge is -1.82. The van der Waals surface area contributed by atoms with Crippen LogP contribution >= 0.6 is 0 Å². The normalized spacial score (nSPS) is 6.88. The fourth-order valence-corrected chi connectivity index (χ4v) is 0.534. The van der Waals surface area contributed by atoms with E-state index in [1.165, 1.54) is 5.56 Å². The fraction of sp³-hybridized carbons (Fsp3) is 0.417. The van der Waals surface area contributed by atoms with E-state index in [2.05, 4.69) is 19.1 Å². The Hall–Kier alpha value is -1.91. The van der Waals surface area contributed by atoms with Gasteiger partial charge in [-0.3, -0.25) is 14.9 Å². The molecule has 1 aromatic carbocycles. The van der Waals surface area contributed by atoms with Crippen LogP contribution in [-0.2, 0) is 4.79 Å². The zero-order valence-electron chi connectivity index (χ0n) is 11.0. The Bertz CT molecular complexity index is 266. The van der Waals surface area contributed by atoms with E-state index in [1.54, 1.807) is 0 Å². The predicted octanol–water partition coefficient (Wildman–Crippen LogP) is 3.01. The van der Waals surface area contributed by atoms with E-state index in [1.807, 2.05) is 32.0 Å².